The maximum Gasteiger partial charge on any atom is 0.255 e. The smallest absolute Gasteiger partial charge is 0.255 e. The zero-order valence-electron chi connectivity index (χ0n) is 8.24. The summed E-state index contributed by atoms with van der Waals surface area (Å²) in [4.78, 5) is 10.4. The topological polar surface area (TPSA) is 72.6 Å². The van der Waals surface area contributed by atoms with Gasteiger partial charge in [0.25, 0.3) is 5.91 Å². The van der Waals surface area contributed by atoms with Crippen molar-refractivity contribution in [2.75, 3.05) is 6.61 Å². The lowest BCUT2D eigenvalue weighted by atomic mass is 10.1. The highest BCUT2D eigenvalue weighted by molar-refractivity contribution is 5.75. The summed E-state index contributed by atoms with van der Waals surface area (Å²) in [6.07, 6.45) is -0.746. The van der Waals surface area contributed by atoms with Crippen molar-refractivity contribution in [2.45, 2.75) is 13.0 Å². The van der Waals surface area contributed by atoms with Crippen LogP contribution in [0, 0.1) is 5.82 Å². The summed E-state index contributed by atoms with van der Waals surface area (Å²) in [6.45, 7) is 1.16. The molecule has 0 aliphatic carbocycles. The van der Waals surface area contributed by atoms with Gasteiger partial charge < -0.3 is 15.6 Å². The van der Waals surface area contributed by atoms with E-state index in [2.05, 4.69) is 0 Å². The SMILES string of the molecule is C[C@H](O)c1ccc(OCC(N)=O)c(F)c1. The number of aliphatic hydroxyl groups is 1. The Morgan fingerprint density at radius 1 is 1.67 bits per heavy atom. The predicted molar refractivity (Wildman–Crippen MR) is 51.7 cm³/mol. The van der Waals surface area contributed by atoms with Crippen LogP contribution in [0.3, 0.4) is 0 Å². The Kier molecular flexibility index (Phi) is 3.62. The molecule has 0 heterocycles. The molecule has 0 spiro atoms. The Morgan fingerprint density at radius 2 is 2.33 bits per heavy atom. The van der Waals surface area contributed by atoms with Crippen molar-refractivity contribution in [3.05, 3.63) is 29.6 Å². The fraction of sp³-hybridized carbons (Fsp3) is 0.300. The number of amides is 1. The Hall–Kier alpha value is -1.62. The third-order valence-corrected chi connectivity index (χ3v) is 1.81. The van der Waals surface area contributed by atoms with Gasteiger partial charge in [-0.05, 0) is 24.6 Å². The molecule has 82 valence electrons. The van der Waals surface area contributed by atoms with E-state index >= 15 is 0 Å². The molecular formula is C10H12FNO3. The number of nitrogens with two attached hydrogens (primary N) is 1. The number of hydrogen-bond acceptors (Lipinski definition) is 3. The van der Waals surface area contributed by atoms with Gasteiger partial charge in [-0.2, -0.15) is 0 Å². The molecule has 5 heteroatoms. The van der Waals surface area contributed by atoms with Crippen LogP contribution in [0.1, 0.15) is 18.6 Å². The monoisotopic (exact) mass is 213 g/mol. The second-order valence-electron chi connectivity index (χ2n) is 3.12. The maximum atomic E-state index is 13.3. The molecule has 1 atom stereocenters. The van der Waals surface area contributed by atoms with Crippen molar-refractivity contribution >= 4 is 5.91 Å². The van der Waals surface area contributed by atoms with E-state index in [9.17, 15) is 14.3 Å². The van der Waals surface area contributed by atoms with Crippen molar-refractivity contribution in [3.8, 4) is 5.75 Å². The summed E-state index contributed by atoms with van der Waals surface area (Å²) < 4.78 is 18.1. The van der Waals surface area contributed by atoms with E-state index in [1.807, 2.05) is 0 Å². The van der Waals surface area contributed by atoms with Gasteiger partial charge in [0.1, 0.15) is 0 Å². The molecule has 1 aromatic carbocycles. The van der Waals surface area contributed by atoms with E-state index in [1.54, 1.807) is 0 Å². The lowest BCUT2D eigenvalue weighted by molar-refractivity contribution is -0.120. The quantitative estimate of drug-likeness (QED) is 0.774. The summed E-state index contributed by atoms with van der Waals surface area (Å²) in [6, 6.07) is 4.02. The fourth-order valence-electron chi connectivity index (χ4n) is 1.04. The van der Waals surface area contributed by atoms with Crippen LogP contribution in [-0.2, 0) is 4.79 Å². The lowest BCUT2D eigenvalue weighted by Gasteiger charge is -2.08. The third-order valence-electron chi connectivity index (χ3n) is 1.81. The molecule has 4 nitrogen and oxygen atoms in total. The van der Waals surface area contributed by atoms with Gasteiger partial charge in [0, 0.05) is 0 Å². The summed E-state index contributed by atoms with van der Waals surface area (Å²) in [7, 11) is 0. The maximum absolute atomic E-state index is 13.3. The molecule has 0 bridgehead atoms. The molecule has 0 aliphatic rings. The second-order valence-corrected chi connectivity index (χ2v) is 3.12. The number of carbonyl (C=O) groups is 1. The Morgan fingerprint density at radius 3 is 2.80 bits per heavy atom. The van der Waals surface area contributed by atoms with E-state index in [1.165, 1.54) is 19.1 Å². The van der Waals surface area contributed by atoms with Crippen molar-refractivity contribution < 1.29 is 19.0 Å². The van der Waals surface area contributed by atoms with E-state index in [4.69, 9.17) is 10.5 Å². The molecule has 0 aromatic heterocycles. The lowest BCUT2D eigenvalue weighted by Crippen LogP contribution is -2.20. The average Bonchev–Trinajstić information content (AvgIpc) is 2.15. The minimum Gasteiger partial charge on any atom is -0.481 e. The van der Waals surface area contributed by atoms with Crippen LogP contribution in [0.5, 0.6) is 5.75 Å². The Balaban J connectivity index is 2.79. The first-order chi connectivity index (χ1) is 7.00. The van der Waals surface area contributed by atoms with Crippen LogP contribution in [0.2, 0.25) is 0 Å². The van der Waals surface area contributed by atoms with Gasteiger partial charge in [0.05, 0.1) is 6.10 Å². The highest BCUT2D eigenvalue weighted by atomic mass is 19.1. The predicted octanol–water partition coefficient (Wildman–Crippen LogP) is 0.743. The number of carbonyl (C=O) groups excluding carboxylic acids is 1. The first-order valence-corrected chi connectivity index (χ1v) is 4.39. The molecule has 1 aromatic rings. The molecule has 0 aliphatic heterocycles. The number of halogens is 1. The van der Waals surface area contributed by atoms with Crippen molar-refractivity contribution in [1.82, 2.24) is 0 Å². The minimum atomic E-state index is -0.746. The number of aliphatic hydroxyl groups excluding tert-OH is 1. The van der Waals surface area contributed by atoms with E-state index in [-0.39, 0.29) is 12.4 Å². The number of ether oxygens (including phenoxy) is 1. The number of rotatable bonds is 4. The molecule has 0 radical (unpaired) electrons. The Bertz CT molecular complexity index is 366. The van der Waals surface area contributed by atoms with Gasteiger partial charge in [-0.15, -0.1) is 0 Å². The van der Waals surface area contributed by atoms with Gasteiger partial charge in [-0.3, -0.25) is 4.79 Å². The first-order valence-electron chi connectivity index (χ1n) is 4.39. The summed E-state index contributed by atoms with van der Waals surface area (Å²) in [5.74, 6) is -1.36. The van der Waals surface area contributed by atoms with E-state index in [0.29, 0.717) is 5.56 Å². The van der Waals surface area contributed by atoms with Crippen LogP contribution in [0.15, 0.2) is 18.2 Å². The summed E-state index contributed by atoms with van der Waals surface area (Å²) >= 11 is 0. The van der Waals surface area contributed by atoms with Crippen LogP contribution < -0.4 is 10.5 Å². The van der Waals surface area contributed by atoms with Gasteiger partial charge in [0.15, 0.2) is 18.2 Å². The van der Waals surface area contributed by atoms with E-state index < -0.39 is 17.8 Å². The zero-order chi connectivity index (χ0) is 11.4. The first kappa shape index (κ1) is 11.5. The number of primary amides is 1. The van der Waals surface area contributed by atoms with Crippen LogP contribution in [-0.4, -0.2) is 17.6 Å². The van der Waals surface area contributed by atoms with Crippen molar-refractivity contribution in [2.24, 2.45) is 5.73 Å². The van der Waals surface area contributed by atoms with Crippen molar-refractivity contribution in [1.29, 1.82) is 0 Å². The van der Waals surface area contributed by atoms with Gasteiger partial charge in [-0.25, -0.2) is 4.39 Å². The largest absolute Gasteiger partial charge is 0.481 e. The van der Waals surface area contributed by atoms with Crippen LogP contribution in [0.25, 0.3) is 0 Å². The molecule has 3 N–H and O–H groups in total. The molecule has 15 heavy (non-hydrogen) atoms. The molecule has 1 amide bonds. The van der Waals surface area contributed by atoms with Gasteiger partial charge >= 0.3 is 0 Å². The average molecular weight is 213 g/mol. The minimum absolute atomic E-state index is 0.0572. The molecule has 0 fully saturated rings. The molecule has 0 unspecified atom stereocenters. The standard InChI is InChI=1S/C10H12FNO3/c1-6(13)7-2-3-9(8(11)4-7)15-5-10(12)14/h2-4,6,13H,5H2,1H3,(H2,12,14)/t6-/m0/s1. The molecule has 0 saturated heterocycles. The van der Waals surface area contributed by atoms with Crippen LogP contribution >= 0.6 is 0 Å². The number of hydrogen-bond donors (Lipinski definition) is 2. The second kappa shape index (κ2) is 4.75. The van der Waals surface area contributed by atoms with E-state index in [0.717, 1.165) is 6.07 Å². The highest BCUT2D eigenvalue weighted by Crippen LogP contribution is 2.21. The molecular weight excluding hydrogens is 201 g/mol. The normalized spacial score (nSPS) is 12.2. The number of benzene rings is 1. The summed E-state index contributed by atoms with van der Waals surface area (Å²) in [5.41, 5.74) is 5.29. The summed E-state index contributed by atoms with van der Waals surface area (Å²) in [5, 5.41) is 9.18. The molecule has 0 saturated carbocycles. The zero-order valence-corrected chi connectivity index (χ0v) is 8.24. The Labute approximate surface area is 86.5 Å². The van der Waals surface area contributed by atoms with Gasteiger partial charge in [-0.1, -0.05) is 6.07 Å². The third kappa shape index (κ3) is 3.21. The molecule has 1 rings (SSSR count). The van der Waals surface area contributed by atoms with Crippen LogP contribution in [0.4, 0.5) is 4.39 Å². The highest BCUT2D eigenvalue weighted by Gasteiger charge is 2.08. The van der Waals surface area contributed by atoms with Crippen molar-refractivity contribution in [3.63, 3.8) is 0 Å². The fourth-order valence-corrected chi connectivity index (χ4v) is 1.04. The van der Waals surface area contributed by atoms with Gasteiger partial charge in [0.2, 0.25) is 0 Å².